The number of likely N-dealkylation sites (tertiary alicyclic amines) is 1. The van der Waals surface area contributed by atoms with Gasteiger partial charge in [0.05, 0.1) is 16.6 Å². The number of nitrogens with zero attached hydrogens (tertiary/aromatic N) is 3. The van der Waals surface area contributed by atoms with Crippen LogP contribution in [0.4, 0.5) is 8.78 Å². The molecule has 0 radical (unpaired) electrons. The van der Waals surface area contributed by atoms with Gasteiger partial charge >= 0.3 is 11.9 Å². The van der Waals surface area contributed by atoms with Crippen molar-refractivity contribution < 1.29 is 33.4 Å². The number of rotatable bonds is 7. The number of carboxylic acid groups (broad SMARTS) is 2. The second-order valence-corrected chi connectivity index (χ2v) is 8.35. The Labute approximate surface area is 209 Å². The molecule has 1 aliphatic rings. The van der Waals surface area contributed by atoms with Gasteiger partial charge in [-0.3, -0.25) is 4.79 Å². The Morgan fingerprint density at radius 3 is 2.17 bits per heavy atom. The Kier molecular flexibility index (Phi) is 10.5. The minimum absolute atomic E-state index is 0.105. The SMILES string of the molecule is O=C(O)/C=C/C(=O)O.O=C(c1ccc(F)c(Cl)c1)N1CCC(F)(CNCc2ncc(Cl)cn2)CC1. The Morgan fingerprint density at radius 1 is 1.09 bits per heavy atom. The molecule has 1 amide bonds. The molecule has 0 spiro atoms. The molecule has 1 fully saturated rings. The van der Waals surface area contributed by atoms with Crippen molar-refractivity contribution in [3.63, 3.8) is 0 Å². The fourth-order valence-corrected chi connectivity index (χ4v) is 3.35. The largest absolute Gasteiger partial charge is 0.478 e. The molecule has 1 aromatic carbocycles. The highest BCUT2D eigenvalue weighted by Gasteiger charge is 2.36. The highest BCUT2D eigenvalue weighted by molar-refractivity contribution is 6.31. The fourth-order valence-electron chi connectivity index (χ4n) is 3.07. The molecule has 0 atom stereocenters. The lowest BCUT2D eigenvalue weighted by atomic mass is 9.92. The second kappa shape index (κ2) is 13.1. The molecule has 9 nitrogen and oxygen atoms in total. The molecular formula is C22H22Cl2F2N4O5. The van der Waals surface area contributed by atoms with Crippen LogP contribution in [-0.4, -0.2) is 68.2 Å². The third-order valence-electron chi connectivity index (χ3n) is 4.88. The van der Waals surface area contributed by atoms with Crippen LogP contribution < -0.4 is 5.32 Å². The van der Waals surface area contributed by atoms with Crippen LogP contribution in [0.15, 0.2) is 42.7 Å². The maximum Gasteiger partial charge on any atom is 0.328 e. The van der Waals surface area contributed by atoms with E-state index < -0.39 is 23.4 Å². The lowest BCUT2D eigenvalue weighted by Gasteiger charge is -2.36. The number of piperidine rings is 1. The van der Waals surface area contributed by atoms with Gasteiger partial charge in [-0.05, 0) is 18.2 Å². The summed E-state index contributed by atoms with van der Waals surface area (Å²) in [6.45, 7) is 1.04. The van der Waals surface area contributed by atoms with Crippen molar-refractivity contribution in [2.45, 2.75) is 25.1 Å². The van der Waals surface area contributed by atoms with Gasteiger partial charge in [0.2, 0.25) is 0 Å². The van der Waals surface area contributed by atoms with Crippen molar-refractivity contribution in [2.24, 2.45) is 0 Å². The summed E-state index contributed by atoms with van der Waals surface area (Å²) in [4.78, 5) is 41.2. The number of benzene rings is 1. The van der Waals surface area contributed by atoms with Gasteiger partial charge in [0.15, 0.2) is 0 Å². The summed E-state index contributed by atoms with van der Waals surface area (Å²) in [7, 11) is 0. The fraction of sp³-hybridized carbons (Fsp3) is 0.318. The summed E-state index contributed by atoms with van der Waals surface area (Å²) in [5.74, 6) is -2.84. The molecule has 188 valence electrons. The van der Waals surface area contributed by atoms with Crippen LogP contribution in [0, 0.1) is 5.82 Å². The minimum Gasteiger partial charge on any atom is -0.478 e. The van der Waals surface area contributed by atoms with Gasteiger partial charge in [-0.2, -0.15) is 0 Å². The van der Waals surface area contributed by atoms with E-state index in [2.05, 4.69) is 15.3 Å². The number of carboxylic acids is 2. The van der Waals surface area contributed by atoms with Crippen LogP contribution >= 0.6 is 23.2 Å². The van der Waals surface area contributed by atoms with Gasteiger partial charge in [-0.1, -0.05) is 23.2 Å². The second-order valence-electron chi connectivity index (χ2n) is 7.50. The molecule has 1 aromatic heterocycles. The normalized spacial score (nSPS) is 14.8. The lowest BCUT2D eigenvalue weighted by Crippen LogP contribution is -2.48. The maximum absolute atomic E-state index is 15.0. The molecule has 0 bridgehead atoms. The molecule has 2 heterocycles. The summed E-state index contributed by atoms with van der Waals surface area (Å²) in [6, 6.07) is 3.83. The molecule has 1 saturated heterocycles. The van der Waals surface area contributed by atoms with E-state index in [0.29, 0.717) is 35.1 Å². The van der Waals surface area contributed by atoms with Gasteiger partial charge in [0.1, 0.15) is 17.3 Å². The number of hydrogen-bond donors (Lipinski definition) is 3. The van der Waals surface area contributed by atoms with Gasteiger partial charge < -0.3 is 20.4 Å². The van der Waals surface area contributed by atoms with E-state index in [1.807, 2.05) is 0 Å². The number of alkyl halides is 1. The topological polar surface area (TPSA) is 133 Å². The molecule has 13 heteroatoms. The monoisotopic (exact) mass is 530 g/mol. The number of carbonyl (C=O) groups is 3. The Hall–Kier alpha value is -3.15. The summed E-state index contributed by atoms with van der Waals surface area (Å²) in [6.07, 6.45) is 4.51. The van der Waals surface area contributed by atoms with E-state index in [4.69, 9.17) is 33.4 Å². The molecule has 0 saturated carbocycles. The zero-order chi connectivity index (χ0) is 26.0. The maximum atomic E-state index is 15.0. The standard InChI is InChI=1S/C18H18Cl2F2N4O.C4H4O4/c19-13-8-24-16(25-9-13)10-23-11-18(22)3-5-26(6-4-18)17(27)12-1-2-15(21)14(20)7-12;5-3(6)1-2-4(7)8/h1-2,7-9,23H,3-6,10-11H2;1-2H,(H,5,6)(H,7,8)/b;2-1+. The first-order valence-corrected chi connectivity index (χ1v) is 11.0. The van der Waals surface area contributed by atoms with Gasteiger partial charge in [0.25, 0.3) is 5.91 Å². The summed E-state index contributed by atoms with van der Waals surface area (Å²) in [5, 5.41) is 19.0. The average Bonchev–Trinajstić information content (AvgIpc) is 2.81. The molecular weight excluding hydrogens is 509 g/mol. The molecule has 3 rings (SSSR count). The van der Waals surface area contributed by atoms with E-state index in [0.717, 1.165) is 6.07 Å². The minimum atomic E-state index is -1.41. The zero-order valence-corrected chi connectivity index (χ0v) is 19.8. The van der Waals surface area contributed by atoms with Crippen molar-refractivity contribution in [1.82, 2.24) is 20.2 Å². The quantitative estimate of drug-likeness (QED) is 0.464. The van der Waals surface area contributed by atoms with Crippen molar-refractivity contribution in [3.05, 3.63) is 70.0 Å². The zero-order valence-electron chi connectivity index (χ0n) is 18.3. The first-order valence-electron chi connectivity index (χ1n) is 10.2. The number of hydrogen-bond acceptors (Lipinski definition) is 6. The third-order valence-corrected chi connectivity index (χ3v) is 5.37. The molecule has 0 unspecified atom stereocenters. The molecule has 35 heavy (non-hydrogen) atoms. The smallest absolute Gasteiger partial charge is 0.328 e. The van der Waals surface area contributed by atoms with Crippen molar-refractivity contribution >= 4 is 41.0 Å². The summed E-state index contributed by atoms with van der Waals surface area (Å²) in [5.41, 5.74) is -1.12. The van der Waals surface area contributed by atoms with Crippen LogP contribution in [-0.2, 0) is 16.1 Å². The first-order chi connectivity index (χ1) is 16.5. The number of nitrogens with one attached hydrogen (secondary N) is 1. The highest BCUT2D eigenvalue weighted by atomic mass is 35.5. The molecule has 3 N–H and O–H groups in total. The molecule has 1 aliphatic heterocycles. The number of aromatic nitrogens is 2. The van der Waals surface area contributed by atoms with Crippen molar-refractivity contribution in [3.8, 4) is 0 Å². The molecule has 0 aliphatic carbocycles. The van der Waals surface area contributed by atoms with E-state index in [1.54, 1.807) is 4.90 Å². The Balaban J connectivity index is 0.000000466. The predicted octanol–water partition coefficient (Wildman–Crippen LogP) is 3.37. The van der Waals surface area contributed by atoms with Crippen LogP contribution in [0.1, 0.15) is 29.0 Å². The van der Waals surface area contributed by atoms with E-state index >= 15 is 0 Å². The number of amides is 1. The predicted molar refractivity (Wildman–Crippen MR) is 124 cm³/mol. The highest BCUT2D eigenvalue weighted by Crippen LogP contribution is 2.27. The Morgan fingerprint density at radius 2 is 1.66 bits per heavy atom. The average molecular weight is 531 g/mol. The van der Waals surface area contributed by atoms with E-state index in [9.17, 15) is 23.2 Å². The van der Waals surface area contributed by atoms with Gasteiger partial charge in [0, 0.05) is 62.6 Å². The van der Waals surface area contributed by atoms with Crippen LogP contribution in [0.3, 0.4) is 0 Å². The summed E-state index contributed by atoms with van der Waals surface area (Å²) < 4.78 is 28.2. The number of carbonyl (C=O) groups excluding carboxylic acids is 1. The van der Waals surface area contributed by atoms with Crippen LogP contribution in [0.2, 0.25) is 10.0 Å². The van der Waals surface area contributed by atoms with Crippen molar-refractivity contribution in [1.29, 1.82) is 0 Å². The van der Waals surface area contributed by atoms with Gasteiger partial charge in [-0.15, -0.1) is 0 Å². The third kappa shape index (κ3) is 9.55. The number of halogens is 4. The molecule has 2 aromatic rings. The number of aliphatic carboxylic acids is 2. The first kappa shape index (κ1) is 28.1. The van der Waals surface area contributed by atoms with Gasteiger partial charge in [-0.25, -0.2) is 28.3 Å². The lowest BCUT2D eigenvalue weighted by molar-refractivity contribution is -0.134. The van der Waals surface area contributed by atoms with Crippen LogP contribution in [0.25, 0.3) is 0 Å². The van der Waals surface area contributed by atoms with Crippen LogP contribution in [0.5, 0.6) is 0 Å². The van der Waals surface area contributed by atoms with E-state index in [1.165, 1.54) is 24.5 Å². The summed E-state index contributed by atoms with van der Waals surface area (Å²) >= 11 is 11.5. The van der Waals surface area contributed by atoms with E-state index in [-0.39, 0.29) is 43.4 Å². The Bertz CT molecular complexity index is 1060. The van der Waals surface area contributed by atoms with Crippen molar-refractivity contribution in [2.75, 3.05) is 19.6 Å².